The summed E-state index contributed by atoms with van der Waals surface area (Å²) in [5.41, 5.74) is -1.00. The average Bonchev–Trinajstić information content (AvgIpc) is 2.33. The number of hydrogen-bond donors (Lipinski definition) is 2. The second-order valence-corrected chi connectivity index (χ2v) is 8.68. The Morgan fingerprint density at radius 3 is 0.828 bits per heavy atom. The van der Waals surface area contributed by atoms with E-state index in [0.717, 1.165) is 0 Å². The molecular weight excluding hydrogens is 416 g/mol. The van der Waals surface area contributed by atoms with Crippen molar-refractivity contribution in [3.8, 4) is 0 Å². The fraction of sp³-hybridized carbons (Fsp3) is 0.800. The smallest absolute Gasteiger partial charge is 0.550 e. The largest absolute Gasteiger partial charge is 2.00 e. The van der Waals surface area contributed by atoms with Crippen molar-refractivity contribution in [3.05, 3.63) is 0 Å². The first-order valence-corrected chi connectivity index (χ1v) is 8.97. The van der Waals surface area contributed by atoms with Crippen LogP contribution in [0.3, 0.4) is 0 Å². The Balaban J connectivity index is -0.0000000907. The van der Waals surface area contributed by atoms with Crippen LogP contribution in [0.4, 0.5) is 0 Å². The molecule has 0 atom stereocenters. The predicted molar refractivity (Wildman–Crippen MR) is 103 cm³/mol. The zero-order valence-corrected chi connectivity index (χ0v) is 21.0. The average molecular weight is 454 g/mol. The molecule has 0 spiro atoms. The fourth-order valence-corrected chi connectivity index (χ4v) is 0.693. The van der Waals surface area contributed by atoms with Crippen molar-refractivity contribution in [3.63, 3.8) is 0 Å². The van der Waals surface area contributed by atoms with Crippen molar-refractivity contribution < 1.29 is 61.3 Å². The molecule has 0 saturated heterocycles. The minimum absolute atomic E-state index is 0. The number of carboxylic acid groups (broad SMARTS) is 2. The van der Waals surface area contributed by atoms with Crippen LogP contribution < -0.4 is 10.2 Å². The Bertz CT molecular complexity index is 416. The molecule has 0 rings (SSSR count). The molecule has 0 aliphatic carbocycles. The molecular formula is C20H38O8Ti. The van der Waals surface area contributed by atoms with Crippen molar-refractivity contribution >= 4 is 23.5 Å². The fourth-order valence-electron chi connectivity index (χ4n) is 0.693. The van der Waals surface area contributed by atoms with E-state index in [9.17, 15) is 29.4 Å². The molecule has 0 aliphatic heterocycles. The molecule has 2 N–H and O–H groups in total. The van der Waals surface area contributed by atoms with Crippen molar-refractivity contribution in [1.82, 2.24) is 0 Å². The normalized spacial score (nSPS) is 10.1. The maximum absolute atomic E-state index is 10.5. The van der Waals surface area contributed by atoms with Gasteiger partial charge in [0.1, 0.15) is 11.6 Å². The van der Waals surface area contributed by atoms with E-state index >= 15 is 0 Å². The first kappa shape index (κ1) is 38.5. The molecule has 0 heterocycles. The number of hydrogen-bond acceptors (Lipinski definition) is 8. The van der Waals surface area contributed by atoms with Crippen molar-refractivity contribution in [2.24, 2.45) is 11.8 Å². The van der Waals surface area contributed by atoms with Crippen LogP contribution in [0.5, 0.6) is 0 Å². The van der Waals surface area contributed by atoms with Gasteiger partial charge in [-0.25, -0.2) is 0 Å². The summed E-state index contributed by atoms with van der Waals surface area (Å²) in [6.45, 7) is 17.1. The summed E-state index contributed by atoms with van der Waals surface area (Å²) >= 11 is 0. The minimum atomic E-state index is -1.30. The molecule has 0 bridgehead atoms. The molecule has 9 heteroatoms. The predicted octanol–water partition coefficient (Wildman–Crippen LogP) is 0.255. The van der Waals surface area contributed by atoms with E-state index in [0.29, 0.717) is 0 Å². The first-order chi connectivity index (χ1) is 12.1. The van der Waals surface area contributed by atoms with Crippen LogP contribution in [0.1, 0.15) is 82.1 Å². The Kier molecular flexibility index (Phi) is 25.1. The van der Waals surface area contributed by atoms with E-state index in [4.69, 9.17) is 10.2 Å². The number of carbonyl (C=O) groups is 4. The Morgan fingerprint density at radius 1 is 0.655 bits per heavy atom. The van der Waals surface area contributed by atoms with Gasteiger partial charge in [-0.15, -0.1) is 0 Å². The molecule has 0 fully saturated rings. The molecule has 0 aliphatic rings. The number of aliphatic carboxylic acids is 2. The summed E-state index contributed by atoms with van der Waals surface area (Å²) < 4.78 is 0. The van der Waals surface area contributed by atoms with E-state index < -0.39 is 36.0 Å². The van der Waals surface area contributed by atoms with Gasteiger partial charge in [-0.3, -0.25) is 9.59 Å². The zero-order chi connectivity index (χ0) is 23.9. The first-order valence-electron chi connectivity index (χ1n) is 8.97. The quantitative estimate of drug-likeness (QED) is 0.428. The number of aliphatic hydroxyl groups is 2. The number of ketones is 2. The van der Waals surface area contributed by atoms with Crippen LogP contribution in [0.2, 0.25) is 0 Å². The van der Waals surface area contributed by atoms with Crippen molar-refractivity contribution in [2.75, 3.05) is 0 Å². The maximum Gasteiger partial charge on any atom is 2.00 e. The van der Waals surface area contributed by atoms with Gasteiger partial charge in [0.05, 0.1) is 11.2 Å². The number of rotatable bonds is 6. The van der Waals surface area contributed by atoms with Crippen LogP contribution in [-0.2, 0) is 40.9 Å². The third kappa shape index (κ3) is 75.1. The third-order valence-corrected chi connectivity index (χ3v) is 1.93. The Hall–Kier alpha value is -1.09. The second kappa shape index (κ2) is 18.9. The van der Waals surface area contributed by atoms with Crippen LogP contribution in [0, 0.1) is 11.8 Å². The van der Waals surface area contributed by atoms with Gasteiger partial charge in [0.25, 0.3) is 0 Å². The van der Waals surface area contributed by atoms with Gasteiger partial charge in [0.15, 0.2) is 0 Å². The van der Waals surface area contributed by atoms with E-state index in [1.54, 1.807) is 69.2 Å². The summed E-state index contributed by atoms with van der Waals surface area (Å²) in [5, 5.41) is 36.6. The molecule has 0 radical (unpaired) electrons. The van der Waals surface area contributed by atoms with Gasteiger partial charge in [-0.05, 0) is 41.5 Å². The van der Waals surface area contributed by atoms with E-state index in [1.807, 2.05) is 0 Å². The van der Waals surface area contributed by atoms with Gasteiger partial charge in [-0.1, -0.05) is 27.7 Å². The van der Waals surface area contributed by atoms with Crippen LogP contribution in [0.15, 0.2) is 0 Å². The standard InChI is InChI=1S/2C6H10O3.2C4H10O.Ti/c2*1-4(2)5(7)3-6(8)9;2*1-4(2,3)5;/h2*4H,3H2,1-2H3,(H,8,9);2*5H,1-3H3;/q;;;;+2/p-2. The molecule has 0 aromatic carbocycles. The molecule has 0 saturated carbocycles. The van der Waals surface area contributed by atoms with E-state index in [2.05, 4.69) is 0 Å². The summed E-state index contributed by atoms with van der Waals surface area (Å²) in [5.74, 6) is -3.57. The van der Waals surface area contributed by atoms with Gasteiger partial charge in [0, 0.05) is 36.6 Å². The van der Waals surface area contributed by atoms with E-state index in [1.165, 1.54) is 0 Å². The monoisotopic (exact) mass is 454 g/mol. The van der Waals surface area contributed by atoms with Gasteiger partial charge in [-0.2, -0.15) is 0 Å². The summed E-state index contributed by atoms with van der Waals surface area (Å²) in [4.78, 5) is 40.6. The molecule has 8 nitrogen and oxygen atoms in total. The maximum atomic E-state index is 10.5. The second-order valence-electron chi connectivity index (χ2n) is 8.68. The summed E-state index contributed by atoms with van der Waals surface area (Å²) in [6.07, 6.45) is -0.921. The van der Waals surface area contributed by atoms with Crippen molar-refractivity contribution in [1.29, 1.82) is 0 Å². The molecule has 0 unspecified atom stereocenters. The van der Waals surface area contributed by atoms with Gasteiger partial charge >= 0.3 is 21.7 Å². The molecule has 0 aromatic heterocycles. The minimum Gasteiger partial charge on any atom is -0.550 e. The van der Waals surface area contributed by atoms with Crippen LogP contribution >= 0.6 is 0 Å². The van der Waals surface area contributed by atoms with Crippen molar-refractivity contribution in [2.45, 2.75) is 93.3 Å². The zero-order valence-electron chi connectivity index (χ0n) is 19.4. The Labute approximate surface area is 190 Å². The topological polar surface area (TPSA) is 155 Å². The molecule has 0 aromatic rings. The Morgan fingerprint density at radius 2 is 0.793 bits per heavy atom. The molecule has 0 amide bonds. The number of carboxylic acids is 2. The third-order valence-electron chi connectivity index (χ3n) is 1.93. The number of carbonyl (C=O) groups excluding carboxylic acids is 4. The molecule has 170 valence electrons. The number of Topliss-reactive ketones (excluding diaryl/α,β-unsaturated/α-hetero) is 2. The van der Waals surface area contributed by atoms with Gasteiger partial charge < -0.3 is 30.0 Å². The van der Waals surface area contributed by atoms with Crippen LogP contribution in [0.25, 0.3) is 0 Å². The van der Waals surface area contributed by atoms with Gasteiger partial charge in [0.2, 0.25) is 0 Å². The SMILES string of the molecule is CC(C)(C)O.CC(C)(C)O.CC(C)C(=O)CC(=O)[O-].CC(C)C(=O)CC(=O)[O-].[Ti+2]. The van der Waals surface area contributed by atoms with Crippen LogP contribution in [-0.4, -0.2) is 44.9 Å². The molecule has 29 heavy (non-hydrogen) atoms. The van der Waals surface area contributed by atoms with E-state index in [-0.39, 0.29) is 45.1 Å². The summed E-state index contributed by atoms with van der Waals surface area (Å²) in [7, 11) is 0. The summed E-state index contributed by atoms with van der Waals surface area (Å²) in [6, 6.07) is 0.